The van der Waals surface area contributed by atoms with Gasteiger partial charge in [-0.2, -0.15) is 0 Å². The number of aromatic amines is 1. The van der Waals surface area contributed by atoms with Crippen molar-refractivity contribution in [3.63, 3.8) is 0 Å². The van der Waals surface area contributed by atoms with Gasteiger partial charge >= 0.3 is 0 Å². The number of carbonyl (C=O) groups excluding carboxylic acids is 1. The van der Waals surface area contributed by atoms with Gasteiger partial charge in [-0.05, 0) is 43.2 Å². The van der Waals surface area contributed by atoms with Crippen LogP contribution in [0, 0.1) is 0 Å². The number of carbonyl (C=O) groups is 1. The van der Waals surface area contributed by atoms with Gasteiger partial charge in [-0.3, -0.25) is 4.79 Å². The molecule has 2 heterocycles. The predicted molar refractivity (Wildman–Crippen MR) is 104 cm³/mol. The Morgan fingerprint density at radius 3 is 2.74 bits per heavy atom. The molecule has 140 valence electrons. The number of hydrogen-bond donors (Lipinski definition) is 1. The maximum Gasteiger partial charge on any atom is 0.254 e. The van der Waals surface area contributed by atoms with Gasteiger partial charge in [0.2, 0.25) is 0 Å². The van der Waals surface area contributed by atoms with Gasteiger partial charge in [0.15, 0.2) is 11.5 Å². The van der Waals surface area contributed by atoms with Crippen molar-refractivity contribution in [1.29, 1.82) is 0 Å². The van der Waals surface area contributed by atoms with E-state index in [9.17, 15) is 4.79 Å². The number of H-pyrrole nitrogens is 1. The summed E-state index contributed by atoms with van der Waals surface area (Å²) in [4.78, 5) is 23.1. The van der Waals surface area contributed by atoms with Crippen LogP contribution >= 0.6 is 0 Å². The van der Waals surface area contributed by atoms with E-state index in [0.29, 0.717) is 23.6 Å². The third-order valence-electron chi connectivity index (χ3n) is 5.13. The third kappa shape index (κ3) is 3.35. The van der Waals surface area contributed by atoms with Crippen LogP contribution in [-0.2, 0) is 0 Å². The molecule has 0 saturated carbocycles. The summed E-state index contributed by atoms with van der Waals surface area (Å²) in [6, 6.07) is 13.3. The molecule has 1 aromatic heterocycles. The maximum atomic E-state index is 13.0. The van der Waals surface area contributed by atoms with E-state index in [0.717, 1.165) is 36.2 Å². The van der Waals surface area contributed by atoms with Crippen molar-refractivity contribution >= 4 is 16.9 Å². The lowest BCUT2D eigenvalue weighted by molar-refractivity contribution is 0.0704. The van der Waals surface area contributed by atoms with Crippen LogP contribution in [0.3, 0.4) is 0 Å². The van der Waals surface area contributed by atoms with E-state index in [-0.39, 0.29) is 11.8 Å². The highest BCUT2D eigenvalue weighted by Crippen LogP contribution is 2.30. The number of aromatic nitrogens is 2. The Labute approximate surface area is 158 Å². The van der Waals surface area contributed by atoms with E-state index in [1.165, 1.54) is 0 Å². The molecule has 1 aliphatic heterocycles. The number of nitrogens with one attached hydrogen (secondary N) is 1. The van der Waals surface area contributed by atoms with Crippen molar-refractivity contribution in [1.82, 2.24) is 14.9 Å². The van der Waals surface area contributed by atoms with Gasteiger partial charge < -0.3 is 19.4 Å². The molecule has 2 aromatic carbocycles. The zero-order chi connectivity index (χ0) is 18.8. The minimum Gasteiger partial charge on any atom is -0.493 e. The van der Waals surface area contributed by atoms with Crippen molar-refractivity contribution < 1.29 is 14.3 Å². The first-order valence-electron chi connectivity index (χ1n) is 9.15. The van der Waals surface area contributed by atoms with Gasteiger partial charge in [-0.1, -0.05) is 12.1 Å². The molecule has 1 atom stereocenters. The van der Waals surface area contributed by atoms with E-state index in [1.54, 1.807) is 32.4 Å². The average molecular weight is 365 g/mol. The summed E-state index contributed by atoms with van der Waals surface area (Å²) in [6.07, 6.45) is 1.98. The van der Waals surface area contributed by atoms with Crippen LogP contribution in [0.4, 0.5) is 0 Å². The van der Waals surface area contributed by atoms with E-state index >= 15 is 0 Å². The summed E-state index contributed by atoms with van der Waals surface area (Å²) < 4.78 is 10.6. The fourth-order valence-corrected chi connectivity index (χ4v) is 3.70. The standard InChI is InChI=1S/C21H23N3O3/c1-26-18-10-9-14(12-19(18)27-2)21(25)24-11-5-6-15(13-24)20-22-16-7-3-4-8-17(16)23-20/h3-4,7-10,12,15H,5-6,11,13H2,1-2H3,(H,22,23)/t15-/m1/s1. The summed E-state index contributed by atoms with van der Waals surface area (Å²) >= 11 is 0. The lowest BCUT2D eigenvalue weighted by atomic mass is 9.96. The summed E-state index contributed by atoms with van der Waals surface area (Å²) in [5, 5.41) is 0. The first kappa shape index (κ1) is 17.4. The van der Waals surface area contributed by atoms with Crippen LogP contribution in [-0.4, -0.2) is 48.1 Å². The molecule has 6 nitrogen and oxygen atoms in total. The number of rotatable bonds is 4. The van der Waals surface area contributed by atoms with Gasteiger partial charge in [0.05, 0.1) is 25.3 Å². The summed E-state index contributed by atoms with van der Waals surface area (Å²) in [6.45, 7) is 1.41. The third-order valence-corrected chi connectivity index (χ3v) is 5.13. The number of fused-ring (bicyclic) bond motifs is 1. The molecule has 6 heteroatoms. The Morgan fingerprint density at radius 1 is 1.15 bits per heavy atom. The maximum absolute atomic E-state index is 13.0. The van der Waals surface area contributed by atoms with E-state index in [1.807, 2.05) is 29.2 Å². The van der Waals surface area contributed by atoms with Crippen LogP contribution in [0.15, 0.2) is 42.5 Å². The second-order valence-electron chi connectivity index (χ2n) is 6.80. The lowest BCUT2D eigenvalue weighted by Gasteiger charge is -2.32. The Balaban J connectivity index is 1.54. The number of nitrogens with zero attached hydrogens (tertiary/aromatic N) is 2. The van der Waals surface area contributed by atoms with Crippen LogP contribution in [0.5, 0.6) is 11.5 Å². The fraction of sp³-hybridized carbons (Fsp3) is 0.333. The Kier molecular flexibility index (Phi) is 4.71. The normalized spacial score (nSPS) is 17.1. The number of hydrogen-bond acceptors (Lipinski definition) is 4. The van der Waals surface area contributed by atoms with Crippen molar-refractivity contribution in [2.24, 2.45) is 0 Å². The Morgan fingerprint density at radius 2 is 1.96 bits per heavy atom. The number of para-hydroxylation sites is 2. The molecule has 0 aliphatic carbocycles. The molecule has 1 saturated heterocycles. The van der Waals surface area contributed by atoms with Crippen molar-refractivity contribution in [3.05, 3.63) is 53.9 Å². The van der Waals surface area contributed by atoms with Gasteiger partial charge in [-0.15, -0.1) is 0 Å². The van der Waals surface area contributed by atoms with Crippen molar-refractivity contribution in [3.8, 4) is 11.5 Å². The summed E-state index contributed by atoms with van der Waals surface area (Å²) in [5.41, 5.74) is 2.62. The quantitative estimate of drug-likeness (QED) is 0.767. The van der Waals surface area contributed by atoms with Crippen molar-refractivity contribution in [2.75, 3.05) is 27.3 Å². The van der Waals surface area contributed by atoms with Gasteiger partial charge in [0, 0.05) is 24.6 Å². The van der Waals surface area contributed by atoms with Gasteiger partial charge in [-0.25, -0.2) is 4.98 Å². The Hall–Kier alpha value is -3.02. The fourth-order valence-electron chi connectivity index (χ4n) is 3.70. The zero-order valence-electron chi connectivity index (χ0n) is 15.6. The Bertz CT molecular complexity index is 933. The number of amides is 1. The SMILES string of the molecule is COc1ccc(C(=O)N2CCC[C@@H](c3nc4ccccc4[nH]3)C2)cc1OC. The van der Waals surface area contributed by atoms with Crippen LogP contribution in [0.1, 0.15) is 34.9 Å². The first-order chi connectivity index (χ1) is 13.2. The zero-order valence-corrected chi connectivity index (χ0v) is 15.6. The predicted octanol–water partition coefficient (Wildman–Crippen LogP) is 3.60. The number of benzene rings is 2. The molecule has 0 bridgehead atoms. The van der Waals surface area contributed by atoms with Crippen LogP contribution in [0.25, 0.3) is 11.0 Å². The second kappa shape index (κ2) is 7.31. The molecule has 1 N–H and O–H groups in total. The highest BCUT2D eigenvalue weighted by molar-refractivity contribution is 5.95. The highest BCUT2D eigenvalue weighted by Gasteiger charge is 2.27. The summed E-state index contributed by atoms with van der Waals surface area (Å²) in [5.74, 6) is 2.37. The largest absolute Gasteiger partial charge is 0.493 e. The minimum atomic E-state index is 0.0109. The number of piperidine rings is 1. The number of methoxy groups -OCH3 is 2. The van der Waals surface area contributed by atoms with E-state index in [2.05, 4.69) is 4.98 Å². The second-order valence-corrected chi connectivity index (χ2v) is 6.80. The lowest BCUT2D eigenvalue weighted by Crippen LogP contribution is -2.39. The number of likely N-dealkylation sites (tertiary alicyclic amines) is 1. The van der Waals surface area contributed by atoms with E-state index < -0.39 is 0 Å². The molecule has 1 fully saturated rings. The molecule has 3 aromatic rings. The molecule has 1 aliphatic rings. The summed E-state index contributed by atoms with van der Waals surface area (Å²) in [7, 11) is 3.16. The average Bonchev–Trinajstić information content (AvgIpc) is 3.17. The monoisotopic (exact) mass is 365 g/mol. The molecular formula is C21H23N3O3. The molecule has 0 radical (unpaired) electrons. The highest BCUT2D eigenvalue weighted by atomic mass is 16.5. The topological polar surface area (TPSA) is 67.5 Å². The molecule has 4 rings (SSSR count). The van der Waals surface area contributed by atoms with Crippen LogP contribution in [0.2, 0.25) is 0 Å². The van der Waals surface area contributed by atoms with Crippen LogP contribution < -0.4 is 9.47 Å². The minimum absolute atomic E-state index is 0.0109. The van der Waals surface area contributed by atoms with Gasteiger partial charge in [0.1, 0.15) is 5.82 Å². The molecule has 0 spiro atoms. The first-order valence-corrected chi connectivity index (χ1v) is 9.15. The molecule has 1 amide bonds. The molecule has 27 heavy (non-hydrogen) atoms. The number of imidazole rings is 1. The number of ether oxygens (including phenoxy) is 2. The van der Waals surface area contributed by atoms with Crippen molar-refractivity contribution in [2.45, 2.75) is 18.8 Å². The smallest absolute Gasteiger partial charge is 0.254 e. The molecular weight excluding hydrogens is 342 g/mol. The van der Waals surface area contributed by atoms with E-state index in [4.69, 9.17) is 14.5 Å². The molecule has 0 unspecified atom stereocenters. The van der Waals surface area contributed by atoms with Gasteiger partial charge in [0.25, 0.3) is 5.91 Å².